The first-order valence-electron chi connectivity index (χ1n) is 10.2. The standard InChI is InChI=1S/C24H26N2O4S/c1-4-5-13-29-24(28)18-7-6-8-19(14-18)26-23(27)22-17(3)25-21(31-22)15-30-20-11-9-16(2)10-12-20/h6-12,14H,4-5,13,15H2,1-3H3,(H,26,27). The van der Waals surface area contributed by atoms with Crippen LogP contribution in [0.5, 0.6) is 5.75 Å². The molecule has 0 aliphatic carbocycles. The summed E-state index contributed by atoms with van der Waals surface area (Å²) in [5.74, 6) is 0.0919. The number of amides is 1. The van der Waals surface area contributed by atoms with Crippen molar-refractivity contribution in [3.63, 3.8) is 0 Å². The van der Waals surface area contributed by atoms with Crippen LogP contribution < -0.4 is 10.1 Å². The van der Waals surface area contributed by atoms with E-state index in [9.17, 15) is 9.59 Å². The van der Waals surface area contributed by atoms with Crippen LogP contribution in [0, 0.1) is 13.8 Å². The van der Waals surface area contributed by atoms with E-state index < -0.39 is 5.97 Å². The molecule has 1 heterocycles. The molecule has 3 rings (SSSR count). The molecule has 0 aliphatic rings. The molecule has 0 aliphatic heterocycles. The van der Waals surface area contributed by atoms with E-state index in [1.165, 1.54) is 11.3 Å². The summed E-state index contributed by atoms with van der Waals surface area (Å²) < 4.78 is 11.0. The molecule has 0 saturated heterocycles. The topological polar surface area (TPSA) is 77.5 Å². The summed E-state index contributed by atoms with van der Waals surface area (Å²) in [6.07, 6.45) is 1.78. The van der Waals surface area contributed by atoms with E-state index in [1.54, 1.807) is 31.2 Å². The van der Waals surface area contributed by atoms with Gasteiger partial charge in [-0.25, -0.2) is 9.78 Å². The van der Waals surface area contributed by atoms with Crippen LogP contribution >= 0.6 is 11.3 Å². The number of ether oxygens (including phenoxy) is 2. The smallest absolute Gasteiger partial charge is 0.338 e. The first-order chi connectivity index (χ1) is 15.0. The van der Waals surface area contributed by atoms with E-state index >= 15 is 0 Å². The number of aromatic nitrogens is 1. The molecule has 3 aromatic rings. The number of carbonyl (C=O) groups is 2. The summed E-state index contributed by atoms with van der Waals surface area (Å²) in [6, 6.07) is 14.5. The SMILES string of the molecule is CCCCOC(=O)c1cccc(NC(=O)c2sc(COc3ccc(C)cc3)nc2C)c1. The minimum atomic E-state index is -0.394. The predicted octanol–water partition coefficient (Wildman–Crippen LogP) is 5.55. The van der Waals surface area contributed by atoms with Gasteiger partial charge in [0.05, 0.1) is 17.9 Å². The molecule has 0 bridgehead atoms. The fourth-order valence-corrected chi connectivity index (χ4v) is 3.68. The number of nitrogens with zero attached hydrogens (tertiary/aromatic N) is 1. The van der Waals surface area contributed by atoms with Gasteiger partial charge in [-0.15, -0.1) is 11.3 Å². The van der Waals surface area contributed by atoms with E-state index in [-0.39, 0.29) is 5.91 Å². The zero-order valence-corrected chi connectivity index (χ0v) is 18.8. The Morgan fingerprint density at radius 1 is 1.10 bits per heavy atom. The number of thiazole rings is 1. The van der Waals surface area contributed by atoms with Crippen molar-refractivity contribution in [2.24, 2.45) is 0 Å². The van der Waals surface area contributed by atoms with Crippen molar-refractivity contribution in [1.29, 1.82) is 0 Å². The van der Waals surface area contributed by atoms with Crippen molar-refractivity contribution < 1.29 is 19.1 Å². The number of anilines is 1. The molecule has 1 amide bonds. The van der Waals surface area contributed by atoms with Crippen molar-refractivity contribution in [3.05, 3.63) is 75.2 Å². The van der Waals surface area contributed by atoms with E-state index in [0.29, 0.717) is 35.0 Å². The molecule has 0 unspecified atom stereocenters. The third-order valence-electron chi connectivity index (χ3n) is 4.52. The largest absolute Gasteiger partial charge is 0.486 e. The molecular weight excluding hydrogens is 412 g/mol. The summed E-state index contributed by atoms with van der Waals surface area (Å²) in [4.78, 5) is 29.9. The van der Waals surface area contributed by atoms with E-state index in [2.05, 4.69) is 10.3 Å². The van der Waals surface area contributed by atoms with Crippen LogP contribution in [0.3, 0.4) is 0 Å². The Morgan fingerprint density at radius 3 is 2.61 bits per heavy atom. The van der Waals surface area contributed by atoms with Crippen molar-refractivity contribution in [2.45, 2.75) is 40.2 Å². The van der Waals surface area contributed by atoms with Crippen LogP contribution in [-0.4, -0.2) is 23.5 Å². The maximum atomic E-state index is 12.8. The average molecular weight is 439 g/mol. The van der Waals surface area contributed by atoms with Gasteiger partial charge >= 0.3 is 5.97 Å². The Morgan fingerprint density at radius 2 is 1.87 bits per heavy atom. The third kappa shape index (κ3) is 6.39. The number of hydrogen-bond donors (Lipinski definition) is 1. The lowest BCUT2D eigenvalue weighted by atomic mass is 10.2. The molecule has 6 nitrogen and oxygen atoms in total. The van der Waals surface area contributed by atoms with Crippen molar-refractivity contribution >= 4 is 28.9 Å². The lowest BCUT2D eigenvalue weighted by molar-refractivity contribution is 0.0499. The highest BCUT2D eigenvalue weighted by Gasteiger charge is 2.17. The second-order valence-electron chi connectivity index (χ2n) is 7.15. The minimum absolute atomic E-state index is 0.270. The van der Waals surface area contributed by atoms with Crippen LogP contribution in [0.15, 0.2) is 48.5 Å². The Hall–Kier alpha value is -3.19. The van der Waals surface area contributed by atoms with Gasteiger partial charge in [-0.05, 0) is 50.6 Å². The quantitative estimate of drug-likeness (QED) is 0.350. The van der Waals surface area contributed by atoms with Gasteiger partial charge in [0.15, 0.2) is 0 Å². The molecule has 2 aromatic carbocycles. The van der Waals surface area contributed by atoms with Gasteiger partial charge in [0.1, 0.15) is 22.2 Å². The highest BCUT2D eigenvalue weighted by molar-refractivity contribution is 7.13. The van der Waals surface area contributed by atoms with Crippen molar-refractivity contribution in [2.75, 3.05) is 11.9 Å². The van der Waals surface area contributed by atoms with E-state index in [0.717, 1.165) is 29.2 Å². The Labute approximate surface area is 186 Å². The number of aryl methyl sites for hydroxylation is 2. The molecule has 0 atom stereocenters. The Kier molecular flexibility index (Phi) is 7.78. The normalized spacial score (nSPS) is 10.5. The van der Waals surface area contributed by atoms with E-state index in [1.807, 2.05) is 38.1 Å². The predicted molar refractivity (Wildman–Crippen MR) is 122 cm³/mol. The summed E-state index contributed by atoms with van der Waals surface area (Å²) in [5.41, 5.74) is 2.73. The highest BCUT2D eigenvalue weighted by Crippen LogP contribution is 2.22. The first kappa shape index (κ1) is 22.5. The molecule has 31 heavy (non-hydrogen) atoms. The van der Waals surface area contributed by atoms with Crippen LogP contribution in [0.1, 0.15) is 56.1 Å². The number of esters is 1. The zero-order chi connectivity index (χ0) is 22.2. The summed E-state index contributed by atoms with van der Waals surface area (Å²) in [5, 5.41) is 3.56. The Balaban J connectivity index is 1.62. The second kappa shape index (κ2) is 10.7. The maximum Gasteiger partial charge on any atom is 0.338 e. The monoisotopic (exact) mass is 438 g/mol. The summed E-state index contributed by atoms with van der Waals surface area (Å²) in [6.45, 7) is 6.53. The van der Waals surface area contributed by atoms with Gasteiger partial charge in [0.25, 0.3) is 5.91 Å². The second-order valence-corrected chi connectivity index (χ2v) is 8.23. The van der Waals surface area contributed by atoms with Gasteiger partial charge in [-0.1, -0.05) is 37.1 Å². The molecule has 0 fully saturated rings. The average Bonchev–Trinajstić information content (AvgIpc) is 3.14. The van der Waals surface area contributed by atoms with Gasteiger partial charge in [0, 0.05) is 5.69 Å². The molecule has 1 aromatic heterocycles. The minimum Gasteiger partial charge on any atom is -0.486 e. The van der Waals surface area contributed by atoms with Crippen molar-refractivity contribution in [3.8, 4) is 5.75 Å². The van der Waals surface area contributed by atoms with Gasteiger partial charge in [-0.2, -0.15) is 0 Å². The summed E-state index contributed by atoms with van der Waals surface area (Å²) in [7, 11) is 0. The number of hydrogen-bond acceptors (Lipinski definition) is 6. The Bertz CT molecular complexity index is 1040. The van der Waals surface area contributed by atoms with Crippen LogP contribution in [0.2, 0.25) is 0 Å². The molecule has 7 heteroatoms. The number of rotatable bonds is 9. The first-order valence-corrected chi connectivity index (χ1v) is 11.0. The van der Waals surface area contributed by atoms with Crippen LogP contribution in [0.25, 0.3) is 0 Å². The van der Waals surface area contributed by atoms with Gasteiger partial charge in [-0.3, -0.25) is 4.79 Å². The van der Waals surface area contributed by atoms with Gasteiger partial charge < -0.3 is 14.8 Å². The van der Waals surface area contributed by atoms with Crippen LogP contribution in [0.4, 0.5) is 5.69 Å². The van der Waals surface area contributed by atoms with Gasteiger partial charge in [0.2, 0.25) is 0 Å². The fourth-order valence-electron chi connectivity index (χ4n) is 2.81. The molecule has 0 radical (unpaired) electrons. The maximum absolute atomic E-state index is 12.8. The number of benzene rings is 2. The fraction of sp³-hybridized carbons (Fsp3) is 0.292. The molecule has 0 saturated carbocycles. The highest BCUT2D eigenvalue weighted by atomic mass is 32.1. The van der Waals surface area contributed by atoms with Crippen LogP contribution in [-0.2, 0) is 11.3 Å². The number of carbonyl (C=O) groups excluding carboxylic acids is 2. The number of unbranched alkanes of at least 4 members (excludes halogenated alkanes) is 1. The lowest BCUT2D eigenvalue weighted by Gasteiger charge is -2.07. The lowest BCUT2D eigenvalue weighted by Crippen LogP contribution is -2.12. The van der Waals surface area contributed by atoms with Crippen molar-refractivity contribution in [1.82, 2.24) is 4.98 Å². The molecule has 162 valence electrons. The number of nitrogens with one attached hydrogen (secondary N) is 1. The molecule has 1 N–H and O–H groups in total. The summed E-state index contributed by atoms with van der Waals surface area (Å²) >= 11 is 1.29. The molecule has 0 spiro atoms. The molecular formula is C24H26N2O4S. The third-order valence-corrected chi connectivity index (χ3v) is 5.65. The zero-order valence-electron chi connectivity index (χ0n) is 17.9. The van der Waals surface area contributed by atoms with E-state index in [4.69, 9.17) is 9.47 Å².